The maximum Gasteiger partial charge on any atom is 0.285 e. The second kappa shape index (κ2) is 6.26. The molecule has 1 aliphatic heterocycles. The molecule has 1 heterocycles. The third-order valence-electron chi connectivity index (χ3n) is 3.04. The number of hydrogen-bond donors (Lipinski definition) is 0. The van der Waals surface area contributed by atoms with Gasteiger partial charge in [0.05, 0.1) is 13.2 Å². The summed E-state index contributed by atoms with van der Waals surface area (Å²) in [5.74, 6) is 0. The summed E-state index contributed by atoms with van der Waals surface area (Å²) in [6, 6.07) is 9.32. The van der Waals surface area contributed by atoms with Gasteiger partial charge in [0.2, 0.25) is 0 Å². The minimum Gasteiger partial charge on any atom is -0.379 e. The Morgan fingerprint density at radius 3 is 2.44 bits per heavy atom. The Hall–Kier alpha value is -0.980. The molecular formula is C12H15BrN2O3. The van der Waals surface area contributed by atoms with Crippen molar-refractivity contribution in [3.8, 4) is 0 Å². The molecule has 1 aliphatic rings. The minimum atomic E-state index is -0.807. The predicted molar refractivity (Wildman–Crippen MR) is 71.3 cm³/mol. The van der Waals surface area contributed by atoms with Crippen LogP contribution in [0.3, 0.4) is 0 Å². The van der Waals surface area contributed by atoms with Gasteiger partial charge in [0.15, 0.2) is 0 Å². The van der Waals surface area contributed by atoms with Crippen LogP contribution in [-0.4, -0.2) is 41.1 Å². The van der Waals surface area contributed by atoms with Crippen molar-refractivity contribution in [1.29, 1.82) is 0 Å². The largest absolute Gasteiger partial charge is 0.379 e. The quantitative estimate of drug-likeness (QED) is 0.369. The van der Waals surface area contributed by atoms with Crippen molar-refractivity contribution in [3.63, 3.8) is 0 Å². The molecule has 1 aromatic carbocycles. The summed E-state index contributed by atoms with van der Waals surface area (Å²) >= 11 is 3.20. The van der Waals surface area contributed by atoms with Gasteiger partial charge in [0.25, 0.3) is 4.95 Å². The zero-order chi connectivity index (χ0) is 13.0. The molecule has 2 rings (SSSR count). The Morgan fingerprint density at radius 1 is 1.28 bits per heavy atom. The highest BCUT2D eigenvalue weighted by molar-refractivity contribution is 9.09. The molecule has 0 spiro atoms. The summed E-state index contributed by atoms with van der Waals surface area (Å²) in [5.41, 5.74) is 0.956. The van der Waals surface area contributed by atoms with Crippen LogP contribution < -0.4 is 0 Å². The molecule has 2 atom stereocenters. The number of halogens is 1. The van der Waals surface area contributed by atoms with Gasteiger partial charge in [-0.05, 0) is 21.5 Å². The lowest BCUT2D eigenvalue weighted by molar-refractivity contribution is -0.501. The molecule has 1 aromatic rings. The molecule has 1 fully saturated rings. The first-order valence-corrected chi connectivity index (χ1v) is 6.76. The summed E-state index contributed by atoms with van der Waals surface area (Å²) in [7, 11) is 0. The van der Waals surface area contributed by atoms with Gasteiger partial charge in [0.1, 0.15) is 6.04 Å². The van der Waals surface area contributed by atoms with Crippen LogP contribution in [0.15, 0.2) is 30.3 Å². The standard InChI is InChI=1S/C12H15BrN2O3/c13-12(15(16)17)11(10-4-2-1-3-5-10)14-6-8-18-9-7-14/h1-5,11-12H,6-9H2. The molecule has 0 aromatic heterocycles. The van der Waals surface area contributed by atoms with Crippen molar-refractivity contribution in [2.45, 2.75) is 11.0 Å². The molecule has 1 saturated heterocycles. The van der Waals surface area contributed by atoms with Crippen molar-refractivity contribution in [2.75, 3.05) is 26.3 Å². The average Bonchev–Trinajstić information content (AvgIpc) is 2.41. The molecule has 0 N–H and O–H groups in total. The maximum absolute atomic E-state index is 11.1. The average molecular weight is 315 g/mol. The van der Waals surface area contributed by atoms with E-state index < -0.39 is 4.95 Å². The second-order valence-electron chi connectivity index (χ2n) is 4.16. The number of ether oxygens (including phenoxy) is 1. The van der Waals surface area contributed by atoms with Crippen molar-refractivity contribution >= 4 is 15.9 Å². The summed E-state index contributed by atoms with van der Waals surface area (Å²) in [5, 5.41) is 11.1. The Bertz CT molecular complexity index is 396. The van der Waals surface area contributed by atoms with E-state index in [1.807, 2.05) is 30.3 Å². The van der Waals surface area contributed by atoms with Gasteiger partial charge < -0.3 is 4.74 Å². The van der Waals surface area contributed by atoms with Gasteiger partial charge in [0, 0.05) is 18.0 Å². The molecule has 0 bridgehead atoms. The molecule has 5 nitrogen and oxygen atoms in total. The summed E-state index contributed by atoms with van der Waals surface area (Å²) in [4.78, 5) is 12.1. The summed E-state index contributed by atoms with van der Waals surface area (Å²) < 4.78 is 5.30. The fraction of sp³-hybridized carbons (Fsp3) is 0.500. The van der Waals surface area contributed by atoms with Crippen LogP contribution in [0.4, 0.5) is 0 Å². The Labute approximate surface area is 114 Å². The Kier molecular flexibility index (Phi) is 4.68. The molecular weight excluding hydrogens is 300 g/mol. The fourth-order valence-electron chi connectivity index (χ4n) is 2.16. The van der Waals surface area contributed by atoms with Crippen molar-refractivity contribution in [1.82, 2.24) is 4.90 Å². The highest BCUT2D eigenvalue weighted by atomic mass is 79.9. The highest BCUT2D eigenvalue weighted by Crippen LogP contribution is 2.29. The molecule has 0 amide bonds. The number of nitro groups is 1. The first kappa shape index (κ1) is 13.5. The lowest BCUT2D eigenvalue weighted by atomic mass is 10.0. The van der Waals surface area contributed by atoms with E-state index in [0.29, 0.717) is 13.2 Å². The van der Waals surface area contributed by atoms with Crippen LogP contribution in [0.25, 0.3) is 0 Å². The topological polar surface area (TPSA) is 55.6 Å². The molecule has 98 valence electrons. The number of morpholine rings is 1. The molecule has 0 radical (unpaired) electrons. The first-order chi connectivity index (χ1) is 8.70. The van der Waals surface area contributed by atoms with Crippen molar-refractivity contribution in [2.24, 2.45) is 0 Å². The highest BCUT2D eigenvalue weighted by Gasteiger charge is 2.35. The van der Waals surface area contributed by atoms with Crippen LogP contribution in [0.1, 0.15) is 11.6 Å². The predicted octanol–water partition coefficient (Wildman–Crippen LogP) is 2.06. The van der Waals surface area contributed by atoms with Crippen LogP contribution in [0, 0.1) is 10.1 Å². The monoisotopic (exact) mass is 314 g/mol. The molecule has 0 saturated carbocycles. The second-order valence-corrected chi connectivity index (χ2v) is 5.10. The lowest BCUT2D eigenvalue weighted by Gasteiger charge is -2.34. The fourth-order valence-corrected chi connectivity index (χ4v) is 2.80. The van der Waals surface area contributed by atoms with E-state index in [9.17, 15) is 10.1 Å². The third-order valence-corrected chi connectivity index (χ3v) is 3.88. The van der Waals surface area contributed by atoms with Crippen LogP contribution >= 0.6 is 15.9 Å². The van der Waals surface area contributed by atoms with E-state index in [1.165, 1.54) is 0 Å². The molecule has 18 heavy (non-hydrogen) atoms. The van der Waals surface area contributed by atoms with E-state index in [2.05, 4.69) is 20.8 Å². The van der Waals surface area contributed by atoms with Crippen molar-refractivity contribution < 1.29 is 9.66 Å². The Balaban J connectivity index is 2.25. The van der Waals surface area contributed by atoms with Crippen LogP contribution in [0.2, 0.25) is 0 Å². The van der Waals surface area contributed by atoms with Crippen LogP contribution in [0.5, 0.6) is 0 Å². The van der Waals surface area contributed by atoms with E-state index >= 15 is 0 Å². The minimum absolute atomic E-state index is 0.259. The van der Waals surface area contributed by atoms with E-state index in [4.69, 9.17) is 4.74 Å². The van der Waals surface area contributed by atoms with Crippen molar-refractivity contribution in [3.05, 3.63) is 46.0 Å². The number of alkyl halides is 1. The Morgan fingerprint density at radius 2 is 1.89 bits per heavy atom. The number of nitrogens with zero attached hydrogens (tertiary/aromatic N) is 2. The summed E-state index contributed by atoms with van der Waals surface area (Å²) in [6.45, 7) is 2.69. The number of benzene rings is 1. The van der Waals surface area contributed by atoms with Gasteiger partial charge >= 0.3 is 0 Å². The van der Waals surface area contributed by atoms with E-state index in [-0.39, 0.29) is 11.0 Å². The molecule has 2 unspecified atom stereocenters. The molecule has 6 heteroatoms. The first-order valence-electron chi connectivity index (χ1n) is 5.84. The van der Waals surface area contributed by atoms with E-state index in [0.717, 1.165) is 18.7 Å². The van der Waals surface area contributed by atoms with Gasteiger partial charge in [-0.3, -0.25) is 15.0 Å². The third kappa shape index (κ3) is 3.07. The van der Waals surface area contributed by atoms with Crippen LogP contribution in [-0.2, 0) is 4.74 Å². The lowest BCUT2D eigenvalue weighted by Crippen LogP contribution is -2.44. The summed E-state index contributed by atoms with van der Waals surface area (Å²) in [6.07, 6.45) is 0. The number of hydrogen-bond acceptors (Lipinski definition) is 4. The SMILES string of the molecule is O=[N+]([O-])C(Br)C(c1ccccc1)N1CCOCC1. The molecule has 0 aliphatic carbocycles. The van der Waals surface area contributed by atoms with Gasteiger partial charge in [-0.1, -0.05) is 30.3 Å². The van der Waals surface area contributed by atoms with Gasteiger partial charge in [-0.15, -0.1) is 0 Å². The normalized spacial score (nSPS) is 20.3. The smallest absolute Gasteiger partial charge is 0.285 e. The van der Waals surface area contributed by atoms with Gasteiger partial charge in [-0.2, -0.15) is 0 Å². The zero-order valence-electron chi connectivity index (χ0n) is 9.87. The number of rotatable bonds is 4. The van der Waals surface area contributed by atoms with E-state index in [1.54, 1.807) is 0 Å². The maximum atomic E-state index is 11.1. The van der Waals surface area contributed by atoms with Gasteiger partial charge in [-0.25, -0.2) is 0 Å². The zero-order valence-corrected chi connectivity index (χ0v) is 11.5.